The van der Waals surface area contributed by atoms with Crippen LogP contribution in [0.3, 0.4) is 0 Å². The molecule has 0 spiro atoms. The lowest BCUT2D eigenvalue weighted by atomic mass is 9.96. The fraction of sp³-hybridized carbons (Fsp3) is 0.381. The number of likely N-dealkylation sites (tertiary alicyclic amines) is 2. The SMILES string of the molecule is Cc1c(COc2cc(OCc3cncc(C#N)c3)c(CN3CCCC[C@H]3C(=O)O)cc2Cl)cccc1-c1cccc(OCCCN2CCC[C@H]2C(N)=O)c1Cl. The summed E-state index contributed by atoms with van der Waals surface area (Å²) in [5, 5.41) is 20.1. The van der Waals surface area contributed by atoms with Gasteiger partial charge in [-0.15, -0.1) is 0 Å². The van der Waals surface area contributed by atoms with E-state index in [-0.39, 0.29) is 25.2 Å². The molecule has 0 bridgehead atoms. The lowest BCUT2D eigenvalue weighted by Gasteiger charge is -2.33. The summed E-state index contributed by atoms with van der Waals surface area (Å²) in [6.07, 6.45) is 7.97. The van der Waals surface area contributed by atoms with E-state index < -0.39 is 12.0 Å². The topological polar surface area (TPSA) is 151 Å². The molecule has 3 aromatic carbocycles. The van der Waals surface area contributed by atoms with E-state index >= 15 is 0 Å². The van der Waals surface area contributed by atoms with Crippen LogP contribution in [0.5, 0.6) is 17.2 Å². The van der Waals surface area contributed by atoms with Crippen LogP contribution >= 0.6 is 23.2 Å². The van der Waals surface area contributed by atoms with E-state index in [4.69, 9.17) is 43.1 Å². The molecule has 11 nitrogen and oxygen atoms in total. The van der Waals surface area contributed by atoms with Gasteiger partial charge in [-0.3, -0.25) is 24.4 Å². The van der Waals surface area contributed by atoms with Gasteiger partial charge in [0.1, 0.15) is 42.6 Å². The zero-order valence-corrected chi connectivity index (χ0v) is 32.3. The Hall–Kier alpha value is -4.86. The molecule has 0 unspecified atom stereocenters. The maximum atomic E-state index is 12.1. The summed E-state index contributed by atoms with van der Waals surface area (Å²) in [4.78, 5) is 32.0. The standard InChI is InChI=1S/C42H45Cl2N5O6/c1-27-30(8-4-9-32(27)33-10-5-13-37(40(33)44)53-17-7-16-48-15-6-12-35(48)41(46)50)26-55-39-20-38(54-25-29-18-28(21-45)22-47-23-29)31(19-34(39)43)24-49-14-3-2-11-36(49)42(51)52/h4-5,8-10,13,18-20,22-23,35-36H,2-3,6-7,11-12,14-17,24-26H2,1H3,(H2,46,50)(H,51,52)/t35-,36-/m0/s1. The molecule has 6 rings (SSSR count). The van der Waals surface area contributed by atoms with Gasteiger partial charge in [0.15, 0.2) is 0 Å². The van der Waals surface area contributed by atoms with Crippen LogP contribution in [0.15, 0.2) is 67.0 Å². The number of nitrogens with two attached hydrogens (primary N) is 1. The molecule has 1 amide bonds. The van der Waals surface area contributed by atoms with Crippen molar-refractivity contribution in [3.63, 3.8) is 0 Å². The lowest BCUT2D eigenvalue weighted by molar-refractivity contribution is -0.144. The first kappa shape index (κ1) is 39.8. The van der Waals surface area contributed by atoms with Gasteiger partial charge in [0.05, 0.1) is 28.3 Å². The predicted octanol–water partition coefficient (Wildman–Crippen LogP) is 7.55. The fourth-order valence-electron chi connectivity index (χ4n) is 7.40. The van der Waals surface area contributed by atoms with Crippen LogP contribution in [-0.2, 0) is 29.3 Å². The largest absolute Gasteiger partial charge is 0.492 e. The molecule has 288 valence electrons. The smallest absolute Gasteiger partial charge is 0.320 e. The summed E-state index contributed by atoms with van der Waals surface area (Å²) >= 11 is 13.8. The van der Waals surface area contributed by atoms with Crippen molar-refractivity contribution in [1.82, 2.24) is 14.8 Å². The second-order valence-electron chi connectivity index (χ2n) is 14.0. The van der Waals surface area contributed by atoms with Gasteiger partial charge in [0, 0.05) is 48.2 Å². The molecule has 2 aliphatic rings. The van der Waals surface area contributed by atoms with E-state index in [1.807, 2.05) is 48.2 Å². The molecule has 2 aliphatic heterocycles. The average molecular weight is 787 g/mol. The quantitative estimate of drug-likeness (QED) is 0.109. The highest BCUT2D eigenvalue weighted by Gasteiger charge is 2.30. The number of piperidine rings is 1. The number of carboxylic acids is 1. The number of carboxylic acid groups (broad SMARTS) is 1. The van der Waals surface area contributed by atoms with E-state index in [0.717, 1.165) is 73.0 Å². The number of hydrogen-bond acceptors (Lipinski definition) is 9. The number of nitriles is 1. The van der Waals surface area contributed by atoms with Crippen LogP contribution in [0, 0.1) is 18.3 Å². The fourth-order valence-corrected chi connectivity index (χ4v) is 7.92. The Kier molecular flexibility index (Phi) is 13.5. The molecule has 4 aromatic rings. The van der Waals surface area contributed by atoms with Crippen LogP contribution < -0.4 is 19.9 Å². The van der Waals surface area contributed by atoms with Gasteiger partial charge in [-0.2, -0.15) is 5.26 Å². The van der Waals surface area contributed by atoms with E-state index in [0.29, 0.717) is 64.5 Å². The van der Waals surface area contributed by atoms with Gasteiger partial charge in [-0.05, 0) is 87.0 Å². The summed E-state index contributed by atoms with van der Waals surface area (Å²) in [7, 11) is 0. The number of carbonyl (C=O) groups is 2. The first-order valence-electron chi connectivity index (χ1n) is 18.6. The highest BCUT2D eigenvalue weighted by atomic mass is 35.5. The van der Waals surface area contributed by atoms with E-state index in [1.165, 1.54) is 6.20 Å². The monoisotopic (exact) mass is 785 g/mol. The molecule has 2 fully saturated rings. The summed E-state index contributed by atoms with van der Waals surface area (Å²) in [5.41, 5.74) is 11.1. The van der Waals surface area contributed by atoms with Crippen molar-refractivity contribution in [3.05, 3.63) is 105 Å². The van der Waals surface area contributed by atoms with Crippen molar-refractivity contribution in [2.24, 2.45) is 5.73 Å². The van der Waals surface area contributed by atoms with Crippen molar-refractivity contribution >= 4 is 35.1 Å². The third kappa shape index (κ3) is 9.88. The molecule has 1 aromatic heterocycles. The molecule has 0 saturated carbocycles. The van der Waals surface area contributed by atoms with Gasteiger partial charge in [-0.25, -0.2) is 0 Å². The molecule has 3 N–H and O–H groups in total. The summed E-state index contributed by atoms with van der Waals surface area (Å²) < 4.78 is 18.8. The summed E-state index contributed by atoms with van der Waals surface area (Å²) in [5.74, 6) is 0.373. The van der Waals surface area contributed by atoms with Crippen LogP contribution in [-0.4, -0.2) is 70.1 Å². The molecule has 0 radical (unpaired) electrons. The Morgan fingerprint density at radius 1 is 0.891 bits per heavy atom. The number of aliphatic carboxylic acids is 1. The molecule has 3 heterocycles. The molecule has 0 aliphatic carbocycles. The minimum atomic E-state index is -0.848. The molecule has 2 saturated heterocycles. The second-order valence-corrected chi connectivity index (χ2v) is 14.8. The number of nitrogens with zero attached hydrogens (tertiary/aromatic N) is 4. The van der Waals surface area contributed by atoms with Crippen molar-refractivity contribution in [2.45, 2.75) is 77.3 Å². The van der Waals surface area contributed by atoms with Crippen molar-refractivity contribution in [1.29, 1.82) is 5.26 Å². The maximum absolute atomic E-state index is 12.1. The Bertz CT molecular complexity index is 2060. The number of hydrogen-bond donors (Lipinski definition) is 2. The minimum Gasteiger partial charge on any atom is -0.492 e. The van der Waals surface area contributed by atoms with Crippen LogP contribution in [0.2, 0.25) is 10.0 Å². The minimum absolute atomic E-state index is 0.137. The van der Waals surface area contributed by atoms with Crippen LogP contribution in [0.4, 0.5) is 0 Å². The number of aromatic nitrogens is 1. The zero-order valence-electron chi connectivity index (χ0n) is 30.8. The molecular formula is C42H45Cl2N5O6. The molecule has 13 heteroatoms. The summed E-state index contributed by atoms with van der Waals surface area (Å²) in [6, 6.07) is 18.2. The number of carbonyl (C=O) groups excluding carboxylic acids is 1. The maximum Gasteiger partial charge on any atom is 0.320 e. The van der Waals surface area contributed by atoms with Gasteiger partial charge >= 0.3 is 5.97 Å². The van der Waals surface area contributed by atoms with Crippen LogP contribution in [0.1, 0.15) is 66.3 Å². The third-order valence-corrected chi connectivity index (χ3v) is 11.0. The highest BCUT2D eigenvalue weighted by Crippen LogP contribution is 2.39. The van der Waals surface area contributed by atoms with Crippen molar-refractivity contribution in [3.8, 4) is 34.4 Å². The van der Waals surface area contributed by atoms with Crippen LogP contribution in [0.25, 0.3) is 11.1 Å². The first-order chi connectivity index (χ1) is 26.6. The predicted molar refractivity (Wildman–Crippen MR) is 210 cm³/mol. The van der Waals surface area contributed by atoms with Gasteiger partial charge in [-0.1, -0.05) is 60.0 Å². The third-order valence-electron chi connectivity index (χ3n) is 10.3. The van der Waals surface area contributed by atoms with Gasteiger partial charge in [0.25, 0.3) is 0 Å². The molecular weight excluding hydrogens is 741 g/mol. The average Bonchev–Trinajstić information content (AvgIpc) is 3.66. The second kappa shape index (κ2) is 18.7. The first-order valence-corrected chi connectivity index (χ1v) is 19.3. The number of benzene rings is 3. The normalized spacial score (nSPS) is 17.4. The highest BCUT2D eigenvalue weighted by molar-refractivity contribution is 6.35. The zero-order chi connectivity index (χ0) is 38.9. The van der Waals surface area contributed by atoms with E-state index in [9.17, 15) is 20.0 Å². The van der Waals surface area contributed by atoms with Gasteiger partial charge in [0.2, 0.25) is 5.91 Å². The Labute approximate surface area is 331 Å². The summed E-state index contributed by atoms with van der Waals surface area (Å²) in [6.45, 7) is 5.38. The molecule has 2 atom stereocenters. The van der Waals surface area contributed by atoms with Crippen molar-refractivity contribution < 1.29 is 28.9 Å². The Morgan fingerprint density at radius 2 is 1.65 bits per heavy atom. The molecule has 55 heavy (non-hydrogen) atoms. The van der Waals surface area contributed by atoms with Gasteiger partial charge < -0.3 is 25.1 Å². The lowest BCUT2D eigenvalue weighted by Crippen LogP contribution is -2.44. The van der Waals surface area contributed by atoms with E-state index in [2.05, 4.69) is 16.0 Å². The number of primary amides is 1. The van der Waals surface area contributed by atoms with E-state index in [1.54, 1.807) is 24.4 Å². The van der Waals surface area contributed by atoms with Crippen molar-refractivity contribution in [2.75, 3.05) is 26.2 Å². The number of rotatable bonds is 16. The number of pyridine rings is 1. The number of ether oxygens (including phenoxy) is 3. The number of halogens is 2. The number of amides is 1. The Balaban J connectivity index is 1.17. The Morgan fingerprint density at radius 3 is 2.45 bits per heavy atom.